The molecule has 0 unspecified atom stereocenters. The molecule has 3 heterocycles. The van der Waals surface area contributed by atoms with Gasteiger partial charge in [-0.1, -0.05) is 6.07 Å². The van der Waals surface area contributed by atoms with E-state index in [0.717, 1.165) is 48.1 Å². The van der Waals surface area contributed by atoms with Gasteiger partial charge in [0.25, 0.3) is 0 Å². The maximum absolute atomic E-state index is 6.02. The number of imidazole rings is 1. The SMILES string of the molecule is CN(c1ccc(-n2ccnc2)cc1)c1ccc2c(c1)OCC[C@H]2CNc1cccnc1. The summed E-state index contributed by atoms with van der Waals surface area (Å²) in [5.41, 5.74) is 5.62. The summed E-state index contributed by atoms with van der Waals surface area (Å²) in [6.07, 6.45) is 10.2. The minimum atomic E-state index is 0.415. The number of aromatic nitrogens is 3. The van der Waals surface area contributed by atoms with E-state index >= 15 is 0 Å². The van der Waals surface area contributed by atoms with Gasteiger partial charge in [0.2, 0.25) is 0 Å². The van der Waals surface area contributed by atoms with Crippen molar-refractivity contribution in [2.45, 2.75) is 12.3 Å². The van der Waals surface area contributed by atoms with Crippen molar-refractivity contribution in [3.8, 4) is 11.4 Å². The standard InChI is InChI=1S/C25H25N5O/c1-29(21-4-6-22(7-5-21)30-13-12-27-18-30)23-8-9-24-19(10-14-31-25(24)15-23)16-28-20-3-2-11-26-17-20/h2-9,11-13,15,17-19,28H,10,14,16H2,1H3/t19-/m0/s1. The van der Waals surface area contributed by atoms with Crippen LogP contribution in [0, 0.1) is 0 Å². The van der Waals surface area contributed by atoms with Gasteiger partial charge < -0.3 is 19.5 Å². The number of ether oxygens (including phenoxy) is 1. The third kappa shape index (κ3) is 4.10. The Balaban J connectivity index is 1.32. The Bertz CT molecular complexity index is 1130. The lowest BCUT2D eigenvalue weighted by molar-refractivity contribution is 0.270. The molecule has 0 saturated carbocycles. The van der Waals surface area contributed by atoms with Gasteiger partial charge in [-0.25, -0.2) is 4.98 Å². The minimum Gasteiger partial charge on any atom is -0.493 e. The van der Waals surface area contributed by atoms with E-state index in [1.807, 2.05) is 29.1 Å². The number of fused-ring (bicyclic) bond motifs is 1. The van der Waals surface area contributed by atoms with Crippen molar-refractivity contribution in [2.75, 3.05) is 30.4 Å². The zero-order chi connectivity index (χ0) is 21.0. The molecule has 0 radical (unpaired) electrons. The second kappa shape index (κ2) is 8.52. The number of anilines is 3. The van der Waals surface area contributed by atoms with Gasteiger partial charge in [-0.2, -0.15) is 0 Å². The molecule has 1 atom stereocenters. The van der Waals surface area contributed by atoms with Crippen molar-refractivity contribution in [3.05, 3.63) is 91.3 Å². The molecule has 0 amide bonds. The number of nitrogens with zero attached hydrogens (tertiary/aromatic N) is 4. The maximum atomic E-state index is 6.02. The highest BCUT2D eigenvalue weighted by molar-refractivity contribution is 5.66. The fraction of sp³-hybridized carbons (Fsp3) is 0.200. The fourth-order valence-electron chi connectivity index (χ4n) is 3.99. The van der Waals surface area contributed by atoms with Crippen LogP contribution in [0.5, 0.6) is 5.75 Å². The van der Waals surface area contributed by atoms with Crippen LogP contribution in [0.1, 0.15) is 17.9 Å². The second-order valence-electron chi connectivity index (χ2n) is 7.72. The first-order valence-electron chi connectivity index (χ1n) is 10.5. The van der Waals surface area contributed by atoms with Crippen molar-refractivity contribution in [2.24, 2.45) is 0 Å². The molecule has 2 aromatic heterocycles. The Hall–Kier alpha value is -3.80. The molecule has 2 aromatic carbocycles. The summed E-state index contributed by atoms with van der Waals surface area (Å²) in [5, 5.41) is 3.50. The fourth-order valence-corrected chi connectivity index (χ4v) is 3.99. The van der Waals surface area contributed by atoms with Gasteiger partial charge >= 0.3 is 0 Å². The molecule has 1 aliphatic heterocycles. The largest absolute Gasteiger partial charge is 0.493 e. The monoisotopic (exact) mass is 411 g/mol. The zero-order valence-electron chi connectivity index (χ0n) is 17.5. The van der Waals surface area contributed by atoms with Crippen LogP contribution in [0.4, 0.5) is 17.1 Å². The summed E-state index contributed by atoms with van der Waals surface area (Å²) in [6.45, 7) is 1.60. The van der Waals surface area contributed by atoms with Gasteiger partial charge in [-0.3, -0.25) is 4.98 Å². The minimum absolute atomic E-state index is 0.415. The molecule has 1 aliphatic rings. The highest BCUT2D eigenvalue weighted by Gasteiger charge is 2.22. The first kappa shape index (κ1) is 19.2. The van der Waals surface area contributed by atoms with Crippen molar-refractivity contribution in [1.82, 2.24) is 14.5 Å². The Morgan fingerprint density at radius 1 is 1.06 bits per heavy atom. The summed E-state index contributed by atoms with van der Waals surface area (Å²) in [4.78, 5) is 10.5. The first-order valence-corrected chi connectivity index (χ1v) is 10.5. The molecule has 1 N–H and O–H groups in total. The third-order valence-electron chi connectivity index (χ3n) is 5.80. The van der Waals surface area contributed by atoms with E-state index in [0.29, 0.717) is 5.92 Å². The molecule has 6 heteroatoms. The molecule has 156 valence electrons. The summed E-state index contributed by atoms with van der Waals surface area (Å²) in [5.74, 6) is 1.39. The lowest BCUT2D eigenvalue weighted by Gasteiger charge is -2.28. The smallest absolute Gasteiger partial charge is 0.124 e. The average Bonchev–Trinajstić information content (AvgIpc) is 3.38. The van der Waals surface area contributed by atoms with E-state index in [1.54, 1.807) is 18.7 Å². The van der Waals surface area contributed by atoms with Crippen molar-refractivity contribution in [1.29, 1.82) is 0 Å². The van der Waals surface area contributed by atoms with Crippen LogP contribution in [0.3, 0.4) is 0 Å². The molecule has 0 aliphatic carbocycles. The predicted molar refractivity (Wildman–Crippen MR) is 124 cm³/mol. The molecule has 0 bridgehead atoms. The number of hydrogen-bond acceptors (Lipinski definition) is 5. The number of pyridine rings is 1. The van der Waals surface area contributed by atoms with Gasteiger partial charge in [0.1, 0.15) is 5.75 Å². The van der Waals surface area contributed by atoms with Gasteiger partial charge in [-0.15, -0.1) is 0 Å². The quantitative estimate of drug-likeness (QED) is 0.483. The molecular formula is C25H25N5O. The van der Waals surface area contributed by atoms with Gasteiger partial charge in [-0.05, 0) is 54.4 Å². The summed E-state index contributed by atoms with van der Waals surface area (Å²) in [7, 11) is 2.08. The molecular weight excluding hydrogens is 386 g/mol. The lowest BCUT2D eigenvalue weighted by atomic mass is 9.92. The molecule has 6 nitrogen and oxygen atoms in total. The Labute approximate surface area is 182 Å². The molecule has 5 rings (SSSR count). The van der Waals surface area contributed by atoms with Gasteiger partial charge in [0.05, 0.1) is 18.6 Å². The van der Waals surface area contributed by atoms with Crippen LogP contribution >= 0.6 is 0 Å². The van der Waals surface area contributed by atoms with Crippen LogP contribution in [0.15, 0.2) is 85.7 Å². The molecule has 0 spiro atoms. The second-order valence-corrected chi connectivity index (χ2v) is 7.72. The summed E-state index contributed by atoms with van der Waals surface area (Å²) < 4.78 is 8.02. The molecule has 31 heavy (non-hydrogen) atoms. The van der Waals surface area contributed by atoms with E-state index < -0.39 is 0 Å². The van der Waals surface area contributed by atoms with E-state index in [-0.39, 0.29) is 0 Å². The molecule has 0 fully saturated rings. The van der Waals surface area contributed by atoms with Gasteiger partial charge in [0, 0.05) is 67.4 Å². The highest BCUT2D eigenvalue weighted by atomic mass is 16.5. The normalized spacial score (nSPS) is 15.1. The van der Waals surface area contributed by atoms with Crippen LogP contribution < -0.4 is 15.0 Å². The van der Waals surface area contributed by atoms with E-state index in [4.69, 9.17) is 4.74 Å². The van der Waals surface area contributed by atoms with Crippen LogP contribution in [0.25, 0.3) is 5.69 Å². The van der Waals surface area contributed by atoms with E-state index in [2.05, 4.69) is 69.7 Å². The van der Waals surface area contributed by atoms with Crippen molar-refractivity contribution in [3.63, 3.8) is 0 Å². The Kier molecular flexibility index (Phi) is 5.27. The van der Waals surface area contributed by atoms with Gasteiger partial charge in [0.15, 0.2) is 0 Å². The first-order chi connectivity index (χ1) is 15.3. The number of nitrogens with one attached hydrogen (secondary N) is 1. The van der Waals surface area contributed by atoms with Crippen LogP contribution in [-0.2, 0) is 0 Å². The number of rotatable bonds is 6. The van der Waals surface area contributed by atoms with E-state index in [1.165, 1.54) is 5.56 Å². The lowest BCUT2D eigenvalue weighted by Crippen LogP contribution is -2.21. The maximum Gasteiger partial charge on any atom is 0.124 e. The number of benzene rings is 2. The van der Waals surface area contributed by atoms with Crippen LogP contribution in [-0.4, -0.2) is 34.7 Å². The van der Waals surface area contributed by atoms with Crippen molar-refractivity contribution < 1.29 is 4.74 Å². The highest BCUT2D eigenvalue weighted by Crippen LogP contribution is 2.37. The van der Waals surface area contributed by atoms with Crippen molar-refractivity contribution >= 4 is 17.1 Å². The predicted octanol–water partition coefficient (Wildman–Crippen LogP) is 5.01. The Morgan fingerprint density at radius 3 is 2.71 bits per heavy atom. The topological polar surface area (TPSA) is 55.2 Å². The Morgan fingerprint density at radius 2 is 1.94 bits per heavy atom. The molecule has 4 aromatic rings. The van der Waals surface area contributed by atoms with E-state index in [9.17, 15) is 0 Å². The third-order valence-corrected chi connectivity index (χ3v) is 5.80. The molecule has 0 saturated heterocycles. The zero-order valence-corrected chi connectivity index (χ0v) is 17.5. The average molecular weight is 412 g/mol. The summed E-state index contributed by atoms with van der Waals surface area (Å²) in [6, 6.07) is 19.0. The number of hydrogen-bond donors (Lipinski definition) is 1. The summed E-state index contributed by atoms with van der Waals surface area (Å²) >= 11 is 0. The van der Waals surface area contributed by atoms with Crippen LogP contribution in [0.2, 0.25) is 0 Å².